The molecule has 0 aliphatic carbocycles. The highest BCUT2D eigenvalue weighted by Crippen LogP contribution is 2.12. The molecular weight excluding hydrogens is 496 g/mol. The fraction of sp³-hybridized carbons (Fsp3) is 0.941. The van der Waals surface area contributed by atoms with Crippen molar-refractivity contribution in [2.24, 2.45) is 0 Å². The monoisotopic (exact) mass is 567 g/mol. The molecule has 0 saturated heterocycles. The van der Waals surface area contributed by atoms with Crippen molar-refractivity contribution in [2.45, 2.75) is 175 Å². The van der Waals surface area contributed by atoms with Gasteiger partial charge in [-0.3, -0.25) is 9.59 Å². The molecule has 0 bridgehead atoms. The van der Waals surface area contributed by atoms with E-state index in [1.165, 1.54) is 103 Å². The molecule has 6 heteroatoms. The third-order valence-electron chi connectivity index (χ3n) is 8.01. The lowest BCUT2D eigenvalue weighted by molar-refractivity contribution is -0.122. The van der Waals surface area contributed by atoms with E-state index in [4.69, 9.17) is 0 Å². The zero-order valence-corrected chi connectivity index (χ0v) is 27.6. The lowest BCUT2D eigenvalue weighted by atomic mass is 10.1. The van der Waals surface area contributed by atoms with Gasteiger partial charge in [-0.1, -0.05) is 117 Å². The van der Waals surface area contributed by atoms with E-state index in [9.17, 15) is 9.59 Å². The largest absolute Gasteiger partial charge is 0.354 e. The number of rotatable bonds is 30. The van der Waals surface area contributed by atoms with Gasteiger partial charge >= 0.3 is 0 Å². The molecule has 0 aliphatic heterocycles. The lowest BCUT2D eigenvalue weighted by Gasteiger charge is -2.23. The molecule has 0 fully saturated rings. The maximum atomic E-state index is 12.6. The summed E-state index contributed by atoms with van der Waals surface area (Å²) in [5, 5.41) is 9.59. The maximum absolute atomic E-state index is 12.6. The predicted octanol–water partition coefficient (Wildman–Crippen LogP) is 7.75. The molecule has 40 heavy (non-hydrogen) atoms. The molecule has 0 saturated carbocycles. The van der Waals surface area contributed by atoms with Crippen molar-refractivity contribution in [1.82, 2.24) is 20.9 Å². The number of nitrogens with one attached hydrogen (secondary N) is 3. The summed E-state index contributed by atoms with van der Waals surface area (Å²) >= 11 is 0. The van der Waals surface area contributed by atoms with Gasteiger partial charge in [0.2, 0.25) is 11.8 Å². The molecule has 2 amide bonds. The Morgan fingerprint density at radius 2 is 0.925 bits per heavy atom. The minimum absolute atomic E-state index is 0.133. The number of hydrogen-bond donors (Lipinski definition) is 3. The van der Waals surface area contributed by atoms with Gasteiger partial charge in [-0.25, -0.2) is 0 Å². The summed E-state index contributed by atoms with van der Waals surface area (Å²) in [5.74, 6) is 0.267. The molecule has 2 unspecified atom stereocenters. The van der Waals surface area contributed by atoms with Gasteiger partial charge in [0.25, 0.3) is 0 Å². The average molecular weight is 567 g/mol. The van der Waals surface area contributed by atoms with E-state index in [-0.39, 0.29) is 23.9 Å². The Balaban J connectivity index is 4.13. The van der Waals surface area contributed by atoms with Crippen LogP contribution in [0.15, 0.2) is 0 Å². The van der Waals surface area contributed by atoms with Crippen molar-refractivity contribution < 1.29 is 9.59 Å². The van der Waals surface area contributed by atoms with E-state index in [0.29, 0.717) is 25.9 Å². The Hall–Kier alpha value is -1.14. The molecule has 0 aliphatic rings. The summed E-state index contributed by atoms with van der Waals surface area (Å²) in [6.45, 7) is 12.0. The minimum Gasteiger partial charge on any atom is -0.354 e. The van der Waals surface area contributed by atoms with Crippen LogP contribution >= 0.6 is 0 Å². The number of carbonyl (C=O) groups is 2. The van der Waals surface area contributed by atoms with Crippen LogP contribution in [-0.2, 0) is 9.59 Å². The molecular formula is C34H70N4O2. The van der Waals surface area contributed by atoms with Crippen molar-refractivity contribution in [2.75, 3.05) is 33.2 Å². The van der Waals surface area contributed by atoms with Crippen LogP contribution in [0.25, 0.3) is 0 Å². The van der Waals surface area contributed by atoms with Crippen molar-refractivity contribution in [3.8, 4) is 0 Å². The Kier molecular flexibility index (Phi) is 28.5. The first-order valence-electron chi connectivity index (χ1n) is 17.4. The van der Waals surface area contributed by atoms with Gasteiger partial charge in [-0.05, 0) is 53.2 Å². The van der Waals surface area contributed by atoms with Crippen LogP contribution in [0.5, 0.6) is 0 Å². The van der Waals surface area contributed by atoms with Crippen LogP contribution in [0.2, 0.25) is 0 Å². The number of nitrogens with zero attached hydrogens (tertiary/aromatic N) is 1. The first kappa shape index (κ1) is 38.9. The Morgan fingerprint density at radius 1 is 0.550 bits per heavy atom. The van der Waals surface area contributed by atoms with Crippen molar-refractivity contribution >= 4 is 11.8 Å². The Bertz CT molecular complexity index is 528. The Morgan fingerprint density at radius 3 is 1.30 bits per heavy atom. The molecule has 0 rings (SSSR count). The van der Waals surface area contributed by atoms with Crippen LogP contribution in [0, 0.1) is 0 Å². The Labute approximate surface area is 250 Å². The fourth-order valence-electron chi connectivity index (χ4n) is 5.34. The smallest absolute Gasteiger partial charge is 0.221 e. The molecule has 3 N–H and O–H groups in total. The van der Waals surface area contributed by atoms with E-state index in [2.05, 4.69) is 48.5 Å². The molecule has 0 aromatic carbocycles. The zero-order chi connectivity index (χ0) is 29.7. The summed E-state index contributed by atoms with van der Waals surface area (Å²) in [5.41, 5.74) is 0. The van der Waals surface area contributed by atoms with Gasteiger partial charge in [-0.15, -0.1) is 0 Å². The molecule has 0 spiro atoms. The minimum atomic E-state index is 0.133. The molecule has 0 radical (unpaired) electrons. The fourth-order valence-corrected chi connectivity index (χ4v) is 5.34. The van der Waals surface area contributed by atoms with Crippen LogP contribution in [0.3, 0.4) is 0 Å². The summed E-state index contributed by atoms with van der Waals surface area (Å²) in [4.78, 5) is 27.5. The maximum Gasteiger partial charge on any atom is 0.221 e. The van der Waals surface area contributed by atoms with Crippen LogP contribution in [-0.4, -0.2) is 62.0 Å². The van der Waals surface area contributed by atoms with E-state index < -0.39 is 0 Å². The summed E-state index contributed by atoms with van der Waals surface area (Å²) < 4.78 is 0. The van der Waals surface area contributed by atoms with E-state index >= 15 is 0 Å². The van der Waals surface area contributed by atoms with Gasteiger partial charge in [0.05, 0.1) is 0 Å². The van der Waals surface area contributed by atoms with Crippen molar-refractivity contribution in [1.29, 1.82) is 0 Å². The summed E-state index contributed by atoms with van der Waals surface area (Å²) in [7, 11) is 1.97. The average Bonchev–Trinajstić information content (AvgIpc) is 2.92. The van der Waals surface area contributed by atoms with Gasteiger partial charge < -0.3 is 20.9 Å². The zero-order valence-electron chi connectivity index (χ0n) is 27.6. The normalized spacial score (nSPS) is 12.9. The molecule has 0 heterocycles. The topological polar surface area (TPSA) is 73.5 Å². The second kappa shape index (κ2) is 29.4. The summed E-state index contributed by atoms with van der Waals surface area (Å²) in [6.07, 6.45) is 25.2. The van der Waals surface area contributed by atoms with E-state index in [1.807, 2.05) is 7.05 Å². The van der Waals surface area contributed by atoms with Gasteiger partial charge in [0.15, 0.2) is 0 Å². The quantitative estimate of drug-likeness (QED) is 0.0777. The first-order valence-corrected chi connectivity index (χ1v) is 17.4. The highest BCUT2D eigenvalue weighted by Gasteiger charge is 2.13. The van der Waals surface area contributed by atoms with Gasteiger partial charge in [-0.2, -0.15) is 0 Å². The third kappa shape index (κ3) is 27.1. The molecule has 6 nitrogen and oxygen atoms in total. The highest BCUT2D eigenvalue weighted by molar-refractivity contribution is 5.77. The SMILES string of the molecule is CCCCCCCCCCC(C)NC(=O)CCN(CCCNC)CCC(=O)NC(C)CCCCCCCCCC. The second-order valence-electron chi connectivity index (χ2n) is 12.3. The summed E-state index contributed by atoms with van der Waals surface area (Å²) in [6, 6.07) is 0.470. The van der Waals surface area contributed by atoms with Crippen LogP contribution < -0.4 is 16.0 Å². The lowest BCUT2D eigenvalue weighted by Crippen LogP contribution is -2.38. The highest BCUT2D eigenvalue weighted by atomic mass is 16.2. The number of amides is 2. The number of unbranched alkanes of at least 4 members (excludes halogenated alkanes) is 14. The van der Waals surface area contributed by atoms with Crippen LogP contribution in [0.1, 0.15) is 163 Å². The van der Waals surface area contributed by atoms with Crippen molar-refractivity contribution in [3.63, 3.8) is 0 Å². The molecule has 2 atom stereocenters. The number of carbonyl (C=O) groups excluding carboxylic acids is 2. The predicted molar refractivity (Wildman–Crippen MR) is 174 cm³/mol. The van der Waals surface area contributed by atoms with E-state index in [1.54, 1.807) is 0 Å². The second-order valence-corrected chi connectivity index (χ2v) is 12.3. The van der Waals surface area contributed by atoms with Gasteiger partial charge in [0.1, 0.15) is 0 Å². The third-order valence-corrected chi connectivity index (χ3v) is 8.01. The molecule has 0 aromatic heterocycles. The molecule has 0 aromatic rings. The van der Waals surface area contributed by atoms with Crippen molar-refractivity contribution in [3.05, 3.63) is 0 Å². The molecule has 238 valence electrons. The van der Waals surface area contributed by atoms with Crippen LogP contribution in [0.4, 0.5) is 0 Å². The standard InChI is InChI=1S/C34H70N4O2/c1-6-8-10-12-14-16-18-20-23-31(3)36-33(39)25-29-38(28-22-27-35-5)30-26-34(40)37-32(4)24-21-19-17-15-13-11-9-7-2/h31-32,35H,6-30H2,1-5H3,(H,36,39)(H,37,40). The van der Waals surface area contributed by atoms with E-state index in [0.717, 1.165) is 32.4 Å². The number of hydrogen-bond acceptors (Lipinski definition) is 4. The first-order chi connectivity index (χ1) is 19.4. The van der Waals surface area contributed by atoms with Gasteiger partial charge in [0, 0.05) is 38.0 Å².